The van der Waals surface area contributed by atoms with Crippen molar-refractivity contribution in [1.29, 1.82) is 0 Å². The molecule has 2 nitrogen and oxygen atoms in total. The van der Waals surface area contributed by atoms with Gasteiger partial charge in [0.2, 0.25) is 7.29 Å². The summed E-state index contributed by atoms with van der Waals surface area (Å²) in [7, 11) is -2.89. The molecule has 0 saturated heterocycles. The third-order valence-electron chi connectivity index (χ3n) is 4.63. The zero-order valence-corrected chi connectivity index (χ0v) is 18.5. The van der Waals surface area contributed by atoms with Gasteiger partial charge in [0, 0.05) is 22.6 Å². The van der Waals surface area contributed by atoms with Gasteiger partial charge < -0.3 is 0 Å². The maximum atomic E-state index is 14.0. The standard InChI is InChI=1S/C20H21NOP.C5H5.Fe/c1-2-20(17-11-9-10-12-17)21-23(22,18-13-5-3-6-14-18)19-15-7-4-8-16-19;1-2-4-5-3-1;/h3-16,20H,2H2,1H3,(H,21,22);1-5H;/q;;+2. The minimum atomic E-state index is -2.89. The van der Waals surface area contributed by atoms with Crippen LogP contribution in [0.4, 0.5) is 0 Å². The maximum Gasteiger partial charge on any atom is 2.00 e. The van der Waals surface area contributed by atoms with Crippen molar-refractivity contribution in [3.63, 3.8) is 0 Å². The molecule has 2 aliphatic carbocycles. The van der Waals surface area contributed by atoms with Crippen LogP contribution in [-0.2, 0) is 21.6 Å². The maximum absolute atomic E-state index is 14.0. The van der Waals surface area contributed by atoms with Gasteiger partial charge in [-0.3, -0.25) is 9.65 Å². The summed E-state index contributed by atoms with van der Waals surface area (Å²) in [6.45, 7) is 2.12. The Labute approximate surface area is 188 Å². The van der Waals surface area contributed by atoms with Crippen molar-refractivity contribution in [2.75, 3.05) is 0 Å². The van der Waals surface area contributed by atoms with E-state index < -0.39 is 7.29 Å². The molecular weight excluding hydrogens is 417 g/mol. The number of nitrogens with one attached hydrogen (secondary N) is 1. The van der Waals surface area contributed by atoms with Gasteiger partial charge in [0.25, 0.3) is 0 Å². The zero-order valence-electron chi connectivity index (χ0n) is 16.5. The molecule has 148 valence electrons. The molecule has 1 atom stereocenters. The predicted octanol–water partition coefficient (Wildman–Crippen LogP) is 4.71. The van der Waals surface area contributed by atoms with Gasteiger partial charge in [-0.2, -0.15) is 0 Å². The molecular formula is C25H26FeNOP+2. The zero-order chi connectivity index (χ0) is 19.7. The Morgan fingerprint density at radius 2 is 1.14 bits per heavy atom. The Kier molecular flexibility index (Phi) is 10.7. The van der Waals surface area contributed by atoms with Crippen molar-refractivity contribution in [3.05, 3.63) is 124 Å². The van der Waals surface area contributed by atoms with E-state index in [2.05, 4.69) is 24.9 Å². The molecule has 2 aromatic carbocycles. The summed E-state index contributed by atoms with van der Waals surface area (Å²) in [4.78, 5) is 0. The van der Waals surface area contributed by atoms with E-state index in [-0.39, 0.29) is 23.1 Å². The molecule has 1 unspecified atom stereocenters. The summed E-state index contributed by atoms with van der Waals surface area (Å²) in [5.74, 6) is 1.18. The number of benzene rings is 2. The summed E-state index contributed by atoms with van der Waals surface area (Å²) >= 11 is 0. The molecule has 0 bridgehead atoms. The van der Waals surface area contributed by atoms with Gasteiger partial charge in [0.05, 0.1) is 0 Å². The fourth-order valence-corrected chi connectivity index (χ4v) is 5.69. The van der Waals surface area contributed by atoms with Gasteiger partial charge in [-0.25, -0.2) is 0 Å². The SMILES string of the molecule is CCC(NP(=O)(c1ccccc1)c1ccccc1)[C]1[CH][CH][CH][CH]1.[CH]1[CH][CH][CH][CH]1.[Fe+2]. The van der Waals surface area contributed by atoms with Crippen LogP contribution in [0.15, 0.2) is 60.7 Å². The molecule has 10 radical (unpaired) electrons. The van der Waals surface area contributed by atoms with Crippen molar-refractivity contribution in [2.45, 2.75) is 19.4 Å². The summed E-state index contributed by atoms with van der Waals surface area (Å²) in [6, 6.07) is 19.5. The summed E-state index contributed by atoms with van der Waals surface area (Å²) < 4.78 is 14.0. The van der Waals surface area contributed by atoms with E-state index in [0.29, 0.717) is 0 Å². The second-order valence-electron chi connectivity index (χ2n) is 6.55. The fourth-order valence-electron chi connectivity index (χ4n) is 3.14. The molecule has 4 rings (SSSR count). The molecule has 0 heterocycles. The Balaban J connectivity index is 0.000000437. The Morgan fingerprint density at radius 3 is 1.52 bits per heavy atom. The molecule has 2 aliphatic rings. The first-order valence-electron chi connectivity index (χ1n) is 9.61. The molecule has 0 aromatic heterocycles. The number of hydrogen-bond acceptors (Lipinski definition) is 1. The predicted molar refractivity (Wildman–Crippen MR) is 119 cm³/mol. The summed E-state index contributed by atoms with van der Waals surface area (Å²) in [5.41, 5.74) is 0. The van der Waals surface area contributed by atoms with Crippen molar-refractivity contribution in [3.8, 4) is 0 Å². The Bertz CT molecular complexity index is 676. The smallest absolute Gasteiger partial charge is 0.297 e. The third-order valence-corrected chi connectivity index (χ3v) is 7.36. The van der Waals surface area contributed by atoms with Crippen LogP contribution < -0.4 is 15.7 Å². The third kappa shape index (κ3) is 6.83. The second-order valence-corrected chi connectivity index (χ2v) is 9.06. The van der Waals surface area contributed by atoms with E-state index in [1.54, 1.807) is 0 Å². The van der Waals surface area contributed by atoms with Crippen LogP contribution in [-0.4, -0.2) is 6.04 Å². The van der Waals surface area contributed by atoms with Gasteiger partial charge in [0.15, 0.2) is 0 Å². The van der Waals surface area contributed by atoms with Gasteiger partial charge in [-0.15, -0.1) is 0 Å². The van der Waals surface area contributed by atoms with Crippen LogP contribution in [0.25, 0.3) is 0 Å². The van der Waals surface area contributed by atoms with E-state index in [1.165, 1.54) is 5.92 Å². The van der Waals surface area contributed by atoms with Crippen molar-refractivity contribution < 1.29 is 21.6 Å². The monoisotopic (exact) mass is 443 g/mol. The summed E-state index contributed by atoms with van der Waals surface area (Å²) in [5, 5.41) is 5.16. The molecule has 0 aliphatic heterocycles. The minimum Gasteiger partial charge on any atom is -0.297 e. The van der Waals surface area contributed by atoms with Gasteiger partial charge in [0.1, 0.15) is 0 Å². The molecule has 2 fully saturated rings. The largest absolute Gasteiger partial charge is 2.00 e. The van der Waals surface area contributed by atoms with E-state index >= 15 is 0 Å². The van der Waals surface area contributed by atoms with Crippen molar-refractivity contribution in [1.82, 2.24) is 5.09 Å². The van der Waals surface area contributed by atoms with Crippen molar-refractivity contribution >= 4 is 17.9 Å². The quantitative estimate of drug-likeness (QED) is 0.518. The first-order chi connectivity index (χ1) is 13.7. The van der Waals surface area contributed by atoms with E-state index in [9.17, 15) is 4.57 Å². The first kappa shape index (κ1) is 24.4. The Morgan fingerprint density at radius 1 is 0.724 bits per heavy atom. The van der Waals surface area contributed by atoms with Gasteiger partial charge in [-0.05, 0) is 88.5 Å². The van der Waals surface area contributed by atoms with Crippen LogP contribution in [0.5, 0.6) is 0 Å². The first-order valence-corrected chi connectivity index (χ1v) is 11.3. The number of hydrogen-bond donors (Lipinski definition) is 1. The molecule has 0 amide bonds. The van der Waals surface area contributed by atoms with Crippen LogP contribution in [0.3, 0.4) is 0 Å². The van der Waals surface area contributed by atoms with Gasteiger partial charge in [-0.1, -0.05) is 43.3 Å². The normalized spacial score (nSPS) is 17.8. The van der Waals surface area contributed by atoms with E-state index in [0.717, 1.165) is 17.0 Å². The molecule has 29 heavy (non-hydrogen) atoms. The second kappa shape index (κ2) is 12.8. The average molecular weight is 443 g/mol. The van der Waals surface area contributed by atoms with Crippen molar-refractivity contribution in [2.24, 2.45) is 0 Å². The molecule has 1 N–H and O–H groups in total. The van der Waals surface area contributed by atoms with Crippen LogP contribution in [0.1, 0.15) is 13.3 Å². The summed E-state index contributed by atoms with van der Waals surface area (Å²) in [6.07, 6.45) is 19.1. The molecule has 2 aromatic rings. The average Bonchev–Trinajstić information content (AvgIpc) is 3.50. The Hall–Kier alpha value is -0.851. The van der Waals surface area contributed by atoms with E-state index in [4.69, 9.17) is 0 Å². The molecule has 0 spiro atoms. The number of rotatable bonds is 6. The molecule has 4 heteroatoms. The van der Waals surface area contributed by atoms with Crippen LogP contribution in [0, 0.1) is 63.7 Å². The van der Waals surface area contributed by atoms with Gasteiger partial charge >= 0.3 is 17.1 Å². The topological polar surface area (TPSA) is 29.1 Å². The van der Waals surface area contributed by atoms with Crippen LogP contribution in [0.2, 0.25) is 0 Å². The molecule has 2 saturated carbocycles. The fraction of sp³-hybridized carbons (Fsp3) is 0.120. The van der Waals surface area contributed by atoms with E-state index in [1.807, 2.05) is 106 Å². The van der Waals surface area contributed by atoms with Crippen LogP contribution >= 0.6 is 7.29 Å². The minimum absolute atomic E-state index is 0.